The van der Waals surface area contributed by atoms with Gasteiger partial charge >= 0.3 is 0 Å². The van der Waals surface area contributed by atoms with Gasteiger partial charge in [-0.25, -0.2) is 14.5 Å². The molecule has 118 valence electrons. The first-order chi connectivity index (χ1) is 11.2. The maximum absolute atomic E-state index is 5.81. The average molecular weight is 375 g/mol. The number of methoxy groups -OCH3 is 1. The van der Waals surface area contributed by atoms with Crippen LogP contribution in [0.3, 0.4) is 0 Å². The minimum Gasteiger partial charge on any atom is -0.479 e. The van der Waals surface area contributed by atoms with Crippen LogP contribution >= 0.6 is 15.9 Å². The van der Waals surface area contributed by atoms with Gasteiger partial charge in [0.15, 0.2) is 0 Å². The van der Waals surface area contributed by atoms with Crippen molar-refractivity contribution in [1.29, 1.82) is 0 Å². The van der Waals surface area contributed by atoms with E-state index < -0.39 is 0 Å². The molecule has 3 rings (SSSR count). The highest BCUT2D eigenvalue weighted by Crippen LogP contribution is 2.31. The van der Waals surface area contributed by atoms with Crippen LogP contribution in [-0.4, -0.2) is 33.3 Å². The van der Waals surface area contributed by atoms with E-state index in [1.54, 1.807) is 24.0 Å². The molecular formula is C16H15BrN4O2. The molecule has 0 bridgehead atoms. The third-order valence-electron chi connectivity index (χ3n) is 3.21. The molecule has 0 radical (unpaired) electrons. The van der Waals surface area contributed by atoms with Crippen molar-refractivity contribution in [1.82, 2.24) is 19.6 Å². The number of aromatic nitrogens is 4. The minimum absolute atomic E-state index is 0.453. The highest BCUT2D eigenvalue weighted by Gasteiger charge is 2.14. The quantitative estimate of drug-likeness (QED) is 0.487. The Labute approximate surface area is 141 Å². The summed E-state index contributed by atoms with van der Waals surface area (Å²) in [5.74, 6) is 1.09. The zero-order valence-electron chi connectivity index (χ0n) is 12.6. The van der Waals surface area contributed by atoms with Gasteiger partial charge in [0.1, 0.15) is 10.3 Å². The summed E-state index contributed by atoms with van der Waals surface area (Å²) in [6.07, 6.45) is 5.89. The lowest BCUT2D eigenvalue weighted by Crippen LogP contribution is -2.03. The molecule has 0 aliphatic rings. The third-order valence-corrected chi connectivity index (χ3v) is 3.59. The highest BCUT2D eigenvalue weighted by atomic mass is 79.9. The number of ether oxygens (including phenoxy) is 2. The first-order valence-electron chi connectivity index (χ1n) is 7.01. The fraction of sp³-hybridized carbons (Fsp3) is 0.188. The molecule has 23 heavy (non-hydrogen) atoms. The molecule has 0 amide bonds. The Balaban J connectivity index is 2.11. The standard InChI is InChI=1S/C16H15BrN4O2/c1-3-4-7-23-14-9-11(8-12-5-6-19-21(12)14)15-16(22-2)18-10-13(17)20-15/h3,5-6,8-10H,1,4,7H2,2H3. The van der Waals surface area contributed by atoms with Gasteiger partial charge in [0.25, 0.3) is 0 Å². The van der Waals surface area contributed by atoms with Crippen LogP contribution in [0.1, 0.15) is 6.42 Å². The van der Waals surface area contributed by atoms with Crippen molar-refractivity contribution >= 4 is 21.4 Å². The Kier molecular flexibility index (Phi) is 4.57. The number of nitrogens with zero attached hydrogens (tertiary/aromatic N) is 4. The summed E-state index contributed by atoms with van der Waals surface area (Å²) in [6.45, 7) is 4.23. The van der Waals surface area contributed by atoms with Crippen LogP contribution in [0.2, 0.25) is 0 Å². The van der Waals surface area contributed by atoms with Gasteiger partial charge in [-0.05, 0) is 34.5 Å². The topological polar surface area (TPSA) is 61.5 Å². The van der Waals surface area contributed by atoms with E-state index in [0.717, 1.165) is 17.5 Å². The molecule has 6 nitrogen and oxygen atoms in total. The zero-order chi connectivity index (χ0) is 16.2. The Morgan fingerprint density at radius 1 is 1.39 bits per heavy atom. The largest absolute Gasteiger partial charge is 0.479 e. The minimum atomic E-state index is 0.453. The average Bonchev–Trinajstić information content (AvgIpc) is 3.03. The second kappa shape index (κ2) is 6.78. The molecular weight excluding hydrogens is 360 g/mol. The monoisotopic (exact) mass is 374 g/mol. The molecule has 0 spiro atoms. The molecule has 0 saturated carbocycles. The summed E-state index contributed by atoms with van der Waals surface area (Å²) in [6, 6.07) is 5.75. The third kappa shape index (κ3) is 3.19. The van der Waals surface area contributed by atoms with E-state index in [4.69, 9.17) is 9.47 Å². The summed E-state index contributed by atoms with van der Waals surface area (Å²) in [7, 11) is 1.57. The molecule has 3 aromatic heterocycles. The van der Waals surface area contributed by atoms with Crippen molar-refractivity contribution in [3.63, 3.8) is 0 Å². The maximum atomic E-state index is 5.81. The number of rotatable bonds is 6. The van der Waals surface area contributed by atoms with Crippen LogP contribution in [0.4, 0.5) is 0 Å². The molecule has 0 aromatic carbocycles. The Bertz CT molecular complexity index is 847. The Morgan fingerprint density at radius 3 is 3.04 bits per heavy atom. The van der Waals surface area contributed by atoms with E-state index in [1.807, 2.05) is 24.3 Å². The van der Waals surface area contributed by atoms with Crippen LogP contribution in [0.5, 0.6) is 11.8 Å². The number of halogens is 1. The summed E-state index contributed by atoms with van der Waals surface area (Å²) in [4.78, 5) is 8.71. The Morgan fingerprint density at radius 2 is 2.26 bits per heavy atom. The van der Waals surface area contributed by atoms with Crippen molar-refractivity contribution in [2.45, 2.75) is 6.42 Å². The summed E-state index contributed by atoms with van der Waals surface area (Å²) < 4.78 is 13.5. The van der Waals surface area contributed by atoms with Gasteiger partial charge in [-0.1, -0.05) is 6.08 Å². The molecule has 0 N–H and O–H groups in total. The summed E-state index contributed by atoms with van der Waals surface area (Å²) in [5, 5.41) is 4.28. The number of hydrogen-bond acceptors (Lipinski definition) is 5. The van der Waals surface area contributed by atoms with Gasteiger partial charge in [0.05, 0.1) is 31.6 Å². The second-order valence-electron chi connectivity index (χ2n) is 4.73. The van der Waals surface area contributed by atoms with Crippen molar-refractivity contribution in [3.05, 3.63) is 47.9 Å². The second-order valence-corrected chi connectivity index (χ2v) is 5.54. The molecule has 0 fully saturated rings. The first kappa shape index (κ1) is 15.5. The summed E-state index contributed by atoms with van der Waals surface area (Å²) >= 11 is 3.35. The van der Waals surface area contributed by atoms with Crippen molar-refractivity contribution < 1.29 is 9.47 Å². The van der Waals surface area contributed by atoms with Gasteiger partial charge in [-0.2, -0.15) is 5.10 Å². The lowest BCUT2D eigenvalue weighted by atomic mass is 10.2. The van der Waals surface area contributed by atoms with E-state index in [-0.39, 0.29) is 0 Å². The van der Waals surface area contributed by atoms with Gasteiger partial charge in [0, 0.05) is 11.6 Å². The molecule has 0 aliphatic carbocycles. The van der Waals surface area contributed by atoms with Gasteiger partial charge in [-0.15, -0.1) is 6.58 Å². The molecule has 0 unspecified atom stereocenters. The molecule has 3 aromatic rings. The van der Waals surface area contributed by atoms with Crippen molar-refractivity contribution in [2.24, 2.45) is 0 Å². The summed E-state index contributed by atoms with van der Waals surface area (Å²) in [5.41, 5.74) is 2.39. The number of fused-ring (bicyclic) bond motifs is 1. The fourth-order valence-corrected chi connectivity index (χ4v) is 2.46. The zero-order valence-corrected chi connectivity index (χ0v) is 14.2. The van der Waals surface area contributed by atoms with Crippen LogP contribution < -0.4 is 9.47 Å². The van der Waals surface area contributed by atoms with Gasteiger partial charge < -0.3 is 9.47 Å². The number of hydrogen-bond donors (Lipinski definition) is 0. The maximum Gasteiger partial charge on any atom is 0.240 e. The lowest BCUT2D eigenvalue weighted by molar-refractivity contribution is 0.304. The molecule has 0 aliphatic heterocycles. The predicted molar refractivity (Wildman–Crippen MR) is 90.8 cm³/mol. The van der Waals surface area contributed by atoms with Crippen molar-refractivity contribution in [3.8, 4) is 23.0 Å². The van der Waals surface area contributed by atoms with Gasteiger partial charge in [0.2, 0.25) is 11.8 Å². The SMILES string of the molecule is C=CCCOc1cc(-c2nc(Br)cnc2OC)cc2ccnn12. The first-order valence-corrected chi connectivity index (χ1v) is 7.80. The van der Waals surface area contributed by atoms with Crippen molar-refractivity contribution in [2.75, 3.05) is 13.7 Å². The van der Waals surface area contributed by atoms with E-state index in [2.05, 4.69) is 37.6 Å². The Hall–Kier alpha value is -2.41. The van der Waals surface area contributed by atoms with Crippen LogP contribution in [-0.2, 0) is 0 Å². The smallest absolute Gasteiger partial charge is 0.240 e. The lowest BCUT2D eigenvalue weighted by Gasteiger charge is -2.11. The molecule has 3 heterocycles. The van der Waals surface area contributed by atoms with E-state index >= 15 is 0 Å². The molecule has 0 saturated heterocycles. The number of pyridine rings is 1. The normalized spacial score (nSPS) is 10.7. The van der Waals surface area contributed by atoms with Gasteiger partial charge in [-0.3, -0.25) is 0 Å². The highest BCUT2D eigenvalue weighted by molar-refractivity contribution is 9.10. The van der Waals surface area contributed by atoms with Crippen LogP contribution in [0.15, 0.2) is 47.9 Å². The van der Waals surface area contributed by atoms with E-state index in [1.165, 1.54) is 0 Å². The van der Waals surface area contributed by atoms with Crippen LogP contribution in [0, 0.1) is 0 Å². The fourth-order valence-electron chi connectivity index (χ4n) is 2.18. The molecule has 7 heteroatoms. The molecule has 0 atom stereocenters. The van der Waals surface area contributed by atoms with E-state index in [9.17, 15) is 0 Å². The van der Waals surface area contributed by atoms with E-state index in [0.29, 0.717) is 28.7 Å². The predicted octanol–water partition coefficient (Wildman–Crippen LogP) is 3.52. The van der Waals surface area contributed by atoms with Crippen LogP contribution in [0.25, 0.3) is 16.8 Å².